The number of benzene rings is 4. The number of benzodiazepines with no additional fused rings is 1. The van der Waals surface area contributed by atoms with E-state index < -0.39 is 13.2 Å². The molecular weight excluding hydrogens is 897 g/mol. The van der Waals surface area contributed by atoms with Gasteiger partial charge in [0.1, 0.15) is 29.2 Å². The Balaban J connectivity index is 0.923. The maximum absolute atomic E-state index is 13.9. The highest BCUT2D eigenvalue weighted by molar-refractivity contribution is 8.00. The van der Waals surface area contributed by atoms with E-state index in [1.807, 2.05) is 54.5 Å². The maximum Gasteiger partial charge on any atom is 0.488 e. The fourth-order valence-corrected chi connectivity index (χ4v) is 10.7. The molecule has 0 unspecified atom stereocenters. The average molecular weight is 946 g/mol. The van der Waals surface area contributed by atoms with Gasteiger partial charge in [0.2, 0.25) is 5.91 Å². The summed E-state index contributed by atoms with van der Waals surface area (Å²) < 4.78 is 13.2. The number of halogens is 1. The standard InChI is InChI=1S/C48H49BClN7O7S2/c1-4-53-42(58)24-38-45(52)57(28(2)51)39-14-13-34(22-36(39)44(55-38)30-9-11-33(50)12-10-30)63-26-43(59)54-25-29-8-15-40-37(20-29)48(27-64-40)16-18-56(19-17-48)46(60)41-23-35(47(65-3)66-41)31-6-5-7-32(21-31)49(61)62/h5-15,20-23,38,51-52,61-62H,4,16-19,24-27H2,1-3H3,(H,53,58)(H,54,59)/t38-/m0/s1. The third-order valence-electron chi connectivity index (χ3n) is 12.1. The van der Waals surface area contributed by atoms with Crippen molar-refractivity contribution < 1.29 is 33.9 Å². The molecule has 340 valence electrons. The van der Waals surface area contributed by atoms with Crippen molar-refractivity contribution in [1.29, 1.82) is 10.8 Å². The number of aliphatic imine (C=N–C) groups is 1. The first-order valence-electron chi connectivity index (χ1n) is 21.5. The second-order valence-corrected chi connectivity index (χ2v) is 19.0. The Morgan fingerprint density at radius 3 is 2.47 bits per heavy atom. The van der Waals surface area contributed by atoms with E-state index in [2.05, 4.69) is 16.7 Å². The molecule has 3 aliphatic rings. The van der Waals surface area contributed by atoms with Crippen LogP contribution in [-0.2, 0) is 21.5 Å². The van der Waals surface area contributed by atoms with Gasteiger partial charge in [-0.15, -0.1) is 23.1 Å². The van der Waals surface area contributed by atoms with Crippen LogP contribution in [0.2, 0.25) is 5.02 Å². The van der Waals surface area contributed by atoms with Gasteiger partial charge < -0.3 is 35.1 Å². The monoisotopic (exact) mass is 945 g/mol. The number of likely N-dealkylation sites (tertiary alicyclic amines) is 1. The van der Waals surface area contributed by atoms with Crippen molar-refractivity contribution in [3.05, 3.63) is 123 Å². The van der Waals surface area contributed by atoms with Gasteiger partial charge in [-0.1, -0.05) is 54.1 Å². The van der Waals surface area contributed by atoms with Crippen LogP contribution in [0.4, 0.5) is 5.69 Å². The summed E-state index contributed by atoms with van der Waals surface area (Å²) in [5.41, 5.74) is 6.06. The smallest absolute Gasteiger partial charge is 0.488 e. The van der Waals surface area contributed by atoms with Gasteiger partial charge in [0.05, 0.1) is 33.5 Å². The Kier molecular flexibility index (Phi) is 14.0. The number of carbonyl (C=O) groups excluding carboxylic acids is 3. The number of rotatable bonds is 13. The van der Waals surface area contributed by atoms with Gasteiger partial charge >= 0.3 is 7.12 Å². The molecule has 66 heavy (non-hydrogen) atoms. The summed E-state index contributed by atoms with van der Waals surface area (Å²) in [4.78, 5) is 48.9. The molecule has 4 heterocycles. The van der Waals surface area contributed by atoms with E-state index in [0.29, 0.717) is 69.9 Å². The maximum atomic E-state index is 13.9. The third kappa shape index (κ3) is 9.76. The van der Waals surface area contributed by atoms with Crippen LogP contribution < -0.4 is 30.5 Å². The van der Waals surface area contributed by atoms with Crippen LogP contribution in [0.5, 0.6) is 11.5 Å². The molecule has 1 spiro atoms. The quantitative estimate of drug-likeness (QED) is 0.0341. The number of anilines is 1. The van der Waals surface area contributed by atoms with Gasteiger partial charge in [-0.25, -0.2) is 0 Å². The lowest BCUT2D eigenvalue weighted by Gasteiger charge is -2.38. The summed E-state index contributed by atoms with van der Waals surface area (Å²) in [5.74, 6) is 0.613. The predicted octanol–water partition coefficient (Wildman–Crippen LogP) is 6.26. The minimum atomic E-state index is -1.58. The highest BCUT2D eigenvalue weighted by Crippen LogP contribution is 2.47. The van der Waals surface area contributed by atoms with Gasteiger partial charge in [-0.05, 0) is 98.1 Å². The number of nitrogens with one attached hydrogen (secondary N) is 4. The van der Waals surface area contributed by atoms with Crippen LogP contribution in [0, 0.1) is 10.8 Å². The average Bonchev–Trinajstić information content (AvgIpc) is 3.88. The zero-order valence-electron chi connectivity index (χ0n) is 36.7. The molecule has 0 bridgehead atoms. The number of hydrogen-bond acceptors (Lipinski definition) is 12. The molecule has 3 amide bonds. The van der Waals surface area contributed by atoms with Crippen LogP contribution in [0.3, 0.4) is 0 Å². The Hall–Kier alpha value is -5.98. The zero-order chi connectivity index (χ0) is 46.7. The Morgan fingerprint density at radius 1 is 0.985 bits per heavy atom. The lowest BCUT2D eigenvalue weighted by molar-refractivity contribution is -0.123. The lowest BCUT2D eigenvalue weighted by Crippen LogP contribution is -2.45. The summed E-state index contributed by atoms with van der Waals surface area (Å²) in [6, 6.07) is 26.3. The van der Waals surface area contributed by atoms with E-state index in [9.17, 15) is 24.4 Å². The van der Waals surface area contributed by atoms with E-state index in [1.165, 1.54) is 16.2 Å². The minimum absolute atomic E-state index is 0.0170. The number of amidine groups is 2. The highest BCUT2D eigenvalue weighted by Gasteiger charge is 2.44. The fourth-order valence-electron chi connectivity index (χ4n) is 8.67. The lowest BCUT2D eigenvalue weighted by atomic mass is 9.74. The molecule has 14 nitrogen and oxygen atoms in total. The molecule has 0 radical (unpaired) electrons. The number of ether oxygens (including phenoxy) is 2. The first-order chi connectivity index (χ1) is 31.8. The molecule has 1 saturated heterocycles. The SMILES string of the molecule is CCNC(=O)C[C@@H]1N=C(c2ccc(Cl)cc2)c2cc(OCC(=O)NCc3ccc4c(c3)C3(CCN(C(=O)c5cc(-c6cccc(B(O)O)c6)c(SC)s5)CC3)CO4)ccc2N(C(C)=N)C1=N. The normalized spacial score (nSPS) is 16.1. The first-order valence-corrected chi connectivity index (χ1v) is 24.0. The number of hydrogen-bond donors (Lipinski definition) is 6. The third-order valence-corrected chi connectivity index (χ3v) is 14.6. The number of amides is 3. The topological polar surface area (TPSA) is 201 Å². The predicted molar refractivity (Wildman–Crippen MR) is 262 cm³/mol. The largest absolute Gasteiger partial charge is 0.492 e. The van der Waals surface area contributed by atoms with E-state index in [1.54, 1.807) is 67.2 Å². The van der Waals surface area contributed by atoms with Crippen LogP contribution in [0.1, 0.15) is 65.0 Å². The fraction of sp³-hybridized carbons (Fsp3) is 0.292. The number of thiophene rings is 1. The van der Waals surface area contributed by atoms with Crippen molar-refractivity contribution in [3.8, 4) is 22.6 Å². The zero-order valence-corrected chi connectivity index (χ0v) is 39.0. The van der Waals surface area contributed by atoms with Crippen molar-refractivity contribution in [3.63, 3.8) is 0 Å². The van der Waals surface area contributed by atoms with E-state index in [4.69, 9.17) is 36.9 Å². The first kappa shape index (κ1) is 46.6. The Morgan fingerprint density at radius 2 is 1.76 bits per heavy atom. The molecule has 1 fully saturated rings. The molecule has 6 N–H and O–H groups in total. The van der Waals surface area contributed by atoms with Crippen molar-refractivity contribution in [2.75, 3.05) is 44.0 Å². The van der Waals surface area contributed by atoms with Crippen molar-refractivity contribution in [2.45, 2.75) is 55.3 Å². The number of piperidine rings is 1. The minimum Gasteiger partial charge on any atom is -0.492 e. The summed E-state index contributed by atoms with van der Waals surface area (Å²) in [7, 11) is -1.58. The molecule has 0 aliphatic carbocycles. The van der Waals surface area contributed by atoms with E-state index >= 15 is 0 Å². The number of thioether (sulfide) groups is 1. The summed E-state index contributed by atoms with van der Waals surface area (Å²) in [6.45, 7) is 5.43. The second-order valence-electron chi connectivity index (χ2n) is 16.4. The summed E-state index contributed by atoms with van der Waals surface area (Å²) >= 11 is 9.24. The molecule has 18 heteroatoms. The van der Waals surface area contributed by atoms with Crippen molar-refractivity contribution in [1.82, 2.24) is 15.5 Å². The molecular formula is C48H49BClN7O7S2. The number of nitrogens with zero attached hydrogens (tertiary/aromatic N) is 3. The van der Waals surface area contributed by atoms with E-state index in [-0.39, 0.29) is 54.4 Å². The van der Waals surface area contributed by atoms with Gasteiger partial charge in [-0.2, -0.15) is 0 Å². The molecule has 1 aromatic heterocycles. The van der Waals surface area contributed by atoms with Crippen molar-refractivity contribution in [2.24, 2.45) is 4.99 Å². The Labute approximate surface area is 396 Å². The van der Waals surface area contributed by atoms with Crippen LogP contribution in [0.25, 0.3) is 11.1 Å². The second kappa shape index (κ2) is 19.9. The van der Waals surface area contributed by atoms with Crippen LogP contribution in [-0.4, -0.2) is 102 Å². The van der Waals surface area contributed by atoms with Crippen molar-refractivity contribution >= 4 is 88.1 Å². The highest BCUT2D eigenvalue weighted by atomic mass is 35.5. The van der Waals surface area contributed by atoms with Gasteiger partial charge in [0, 0.05) is 58.9 Å². The summed E-state index contributed by atoms with van der Waals surface area (Å²) in [6.07, 6.45) is 3.32. The van der Waals surface area contributed by atoms with Gasteiger partial charge in [0.15, 0.2) is 6.61 Å². The number of carbonyl (C=O) groups is 3. The molecule has 5 aromatic rings. The van der Waals surface area contributed by atoms with Crippen LogP contribution >= 0.6 is 34.7 Å². The molecule has 4 aromatic carbocycles. The number of fused-ring (bicyclic) bond motifs is 3. The Bertz CT molecular complexity index is 2740. The van der Waals surface area contributed by atoms with Gasteiger partial charge in [-0.3, -0.25) is 35.1 Å². The summed E-state index contributed by atoms with van der Waals surface area (Å²) in [5, 5.41) is 43.4. The molecule has 1 atom stereocenters. The van der Waals surface area contributed by atoms with E-state index in [0.717, 1.165) is 45.1 Å². The molecule has 3 aliphatic heterocycles. The molecule has 8 rings (SSSR count). The van der Waals surface area contributed by atoms with Crippen LogP contribution in [0.15, 0.2) is 100 Å². The molecule has 0 saturated carbocycles. The van der Waals surface area contributed by atoms with Gasteiger partial charge in [0.25, 0.3) is 11.8 Å².